The van der Waals surface area contributed by atoms with Crippen LogP contribution in [0.2, 0.25) is 5.02 Å². The molecule has 1 aliphatic carbocycles. The number of nitro benzene ring substituents is 1. The van der Waals surface area contributed by atoms with Crippen LogP contribution in [0.3, 0.4) is 0 Å². The molecule has 1 saturated carbocycles. The van der Waals surface area contributed by atoms with E-state index in [1.807, 2.05) is 12.1 Å². The quantitative estimate of drug-likeness (QED) is 0.487. The highest BCUT2D eigenvalue weighted by atomic mass is 35.5. The van der Waals surface area contributed by atoms with Crippen LogP contribution in [0.15, 0.2) is 52.8 Å². The van der Waals surface area contributed by atoms with Crippen molar-refractivity contribution in [2.24, 2.45) is 0 Å². The number of halogens is 1. The van der Waals surface area contributed by atoms with Gasteiger partial charge in [0.15, 0.2) is 11.0 Å². The van der Waals surface area contributed by atoms with Gasteiger partial charge in [0.25, 0.3) is 5.69 Å². The molecular formula is C16H12ClN5O2S. The highest BCUT2D eigenvalue weighted by Crippen LogP contribution is 2.43. The molecule has 0 radical (unpaired) electrons. The summed E-state index contributed by atoms with van der Waals surface area (Å²) in [6, 6.07) is 8.60. The molecule has 0 N–H and O–H groups in total. The van der Waals surface area contributed by atoms with Gasteiger partial charge in [-0.15, -0.1) is 10.2 Å². The van der Waals surface area contributed by atoms with Gasteiger partial charge in [0.1, 0.15) is 0 Å². The molecule has 1 aromatic carbocycles. The van der Waals surface area contributed by atoms with Crippen molar-refractivity contribution < 1.29 is 4.92 Å². The first kappa shape index (κ1) is 16.0. The van der Waals surface area contributed by atoms with Gasteiger partial charge in [0.05, 0.1) is 9.95 Å². The number of benzene rings is 1. The number of nitro groups is 1. The standard InChI is InChI=1S/C16H12ClN5O2S/c17-13-8-12(22(23)24)5-6-14(13)25-16-20-19-15(21(16)11-3-4-11)10-2-1-7-18-9-10/h1-2,5-9,11H,3-4H2. The van der Waals surface area contributed by atoms with Gasteiger partial charge in [-0.05, 0) is 42.8 Å². The van der Waals surface area contributed by atoms with Crippen molar-refractivity contribution in [2.45, 2.75) is 28.9 Å². The Morgan fingerprint density at radius 3 is 2.76 bits per heavy atom. The predicted molar refractivity (Wildman–Crippen MR) is 93.8 cm³/mol. The summed E-state index contributed by atoms with van der Waals surface area (Å²) in [4.78, 5) is 15.2. The number of aromatic nitrogens is 4. The zero-order valence-electron chi connectivity index (χ0n) is 12.9. The van der Waals surface area contributed by atoms with Crippen LogP contribution in [0.5, 0.6) is 0 Å². The van der Waals surface area contributed by atoms with E-state index in [1.165, 1.54) is 23.9 Å². The average molecular weight is 374 g/mol. The third-order valence-corrected chi connectivity index (χ3v) is 5.29. The van der Waals surface area contributed by atoms with E-state index in [1.54, 1.807) is 18.5 Å². The van der Waals surface area contributed by atoms with Crippen molar-refractivity contribution >= 4 is 29.1 Å². The Kier molecular flexibility index (Phi) is 4.14. The van der Waals surface area contributed by atoms with E-state index >= 15 is 0 Å². The maximum atomic E-state index is 10.8. The molecule has 25 heavy (non-hydrogen) atoms. The zero-order chi connectivity index (χ0) is 17.4. The number of hydrogen-bond donors (Lipinski definition) is 0. The van der Waals surface area contributed by atoms with Crippen molar-refractivity contribution in [3.63, 3.8) is 0 Å². The van der Waals surface area contributed by atoms with Crippen LogP contribution < -0.4 is 0 Å². The Balaban J connectivity index is 1.70. The number of hydrogen-bond acceptors (Lipinski definition) is 6. The highest BCUT2D eigenvalue weighted by molar-refractivity contribution is 7.99. The average Bonchev–Trinajstić information content (AvgIpc) is 3.37. The highest BCUT2D eigenvalue weighted by Gasteiger charge is 2.30. The van der Waals surface area contributed by atoms with Crippen LogP contribution in [0.4, 0.5) is 5.69 Å². The van der Waals surface area contributed by atoms with Crippen molar-refractivity contribution in [1.82, 2.24) is 19.7 Å². The van der Waals surface area contributed by atoms with Crippen molar-refractivity contribution in [1.29, 1.82) is 0 Å². The molecule has 2 heterocycles. The molecular weight excluding hydrogens is 362 g/mol. The Hall–Kier alpha value is -2.45. The van der Waals surface area contributed by atoms with Crippen LogP contribution in [0, 0.1) is 10.1 Å². The van der Waals surface area contributed by atoms with Gasteiger partial charge in [0.2, 0.25) is 0 Å². The summed E-state index contributed by atoms with van der Waals surface area (Å²) in [6.45, 7) is 0. The number of rotatable bonds is 5. The fourth-order valence-corrected chi connectivity index (χ4v) is 3.68. The largest absolute Gasteiger partial charge is 0.299 e. The lowest BCUT2D eigenvalue weighted by Crippen LogP contribution is -1.99. The Bertz CT molecular complexity index is 943. The third-order valence-electron chi connectivity index (χ3n) is 3.82. The SMILES string of the molecule is O=[N+]([O-])c1ccc(Sc2nnc(-c3cccnc3)n2C2CC2)c(Cl)c1. The lowest BCUT2D eigenvalue weighted by atomic mass is 10.3. The van der Waals surface area contributed by atoms with Gasteiger partial charge in [-0.1, -0.05) is 11.6 Å². The van der Waals surface area contributed by atoms with E-state index in [9.17, 15) is 10.1 Å². The Labute approximate surface area is 152 Å². The lowest BCUT2D eigenvalue weighted by Gasteiger charge is -2.09. The van der Waals surface area contributed by atoms with Gasteiger partial charge < -0.3 is 0 Å². The van der Waals surface area contributed by atoms with Crippen LogP contribution in [0.25, 0.3) is 11.4 Å². The van der Waals surface area contributed by atoms with Gasteiger partial charge in [-0.2, -0.15) is 0 Å². The summed E-state index contributed by atoms with van der Waals surface area (Å²) in [5.41, 5.74) is 0.873. The topological polar surface area (TPSA) is 86.7 Å². The van der Waals surface area contributed by atoms with E-state index in [-0.39, 0.29) is 5.69 Å². The normalized spacial score (nSPS) is 13.8. The van der Waals surface area contributed by atoms with E-state index < -0.39 is 4.92 Å². The Morgan fingerprint density at radius 2 is 2.12 bits per heavy atom. The molecule has 0 atom stereocenters. The molecule has 7 nitrogen and oxygen atoms in total. The second-order valence-corrected chi connectivity index (χ2v) is 7.04. The first-order chi connectivity index (χ1) is 12.1. The predicted octanol–water partition coefficient (Wildman–Crippen LogP) is 4.39. The van der Waals surface area contributed by atoms with Crippen molar-refractivity contribution in [3.8, 4) is 11.4 Å². The van der Waals surface area contributed by atoms with E-state index in [0.717, 1.165) is 29.4 Å². The molecule has 1 fully saturated rings. The van der Waals surface area contributed by atoms with Crippen LogP contribution >= 0.6 is 23.4 Å². The fourth-order valence-electron chi connectivity index (χ4n) is 2.48. The van der Waals surface area contributed by atoms with E-state index in [4.69, 9.17) is 11.6 Å². The Morgan fingerprint density at radius 1 is 1.28 bits per heavy atom. The second kappa shape index (κ2) is 6.45. The third kappa shape index (κ3) is 3.22. The maximum absolute atomic E-state index is 10.8. The monoisotopic (exact) mass is 373 g/mol. The van der Waals surface area contributed by atoms with Crippen LogP contribution in [0.1, 0.15) is 18.9 Å². The fraction of sp³-hybridized carbons (Fsp3) is 0.188. The van der Waals surface area contributed by atoms with Gasteiger partial charge in [-0.25, -0.2) is 0 Å². The smallest absolute Gasteiger partial charge is 0.270 e. The summed E-state index contributed by atoms with van der Waals surface area (Å²) in [5, 5.41) is 20.5. The molecule has 126 valence electrons. The maximum Gasteiger partial charge on any atom is 0.270 e. The molecule has 0 spiro atoms. The van der Waals surface area contributed by atoms with Gasteiger partial charge in [0, 0.05) is 41.0 Å². The second-order valence-electron chi connectivity index (χ2n) is 5.62. The molecule has 0 amide bonds. The molecule has 0 bridgehead atoms. The summed E-state index contributed by atoms with van der Waals surface area (Å²) >= 11 is 7.56. The van der Waals surface area contributed by atoms with Crippen molar-refractivity contribution in [3.05, 3.63) is 57.9 Å². The lowest BCUT2D eigenvalue weighted by molar-refractivity contribution is -0.384. The number of nitrogens with zero attached hydrogens (tertiary/aromatic N) is 5. The molecule has 0 aliphatic heterocycles. The minimum atomic E-state index is -0.465. The summed E-state index contributed by atoms with van der Waals surface area (Å²) < 4.78 is 2.10. The molecule has 1 aliphatic rings. The molecule has 2 aromatic heterocycles. The number of pyridine rings is 1. The molecule has 0 saturated heterocycles. The molecule has 9 heteroatoms. The van der Waals surface area contributed by atoms with E-state index in [0.29, 0.717) is 16.0 Å². The first-order valence-corrected chi connectivity index (χ1v) is 8.80. The molecule has 3 aromatic rings. The zero-order valence-corrected chi connectivity index (χ0v) is 14.4. The van der Waals surface area contributed by atoms with Gasteiger partial charge >= 0.3 is 0 Å². The minimum absolute atomic E-state index is 0.0333. The van der Waals surface area contributed by atoms with E-state index in [2.05, 4.69) is 19.7 Å². The van der Waals surface area contributed by atoms with Crippen LogP contribution in [-0.2, 0) is 0 Å². The summed E-state index contributed by atoms with van der Waals surface area (Å²) in [6.07, 6.45) is 5.63. The van der Waals surface area contributed by atoms with Crippen LogP contribution in [-0.4, -0.2) is 24.7 Å². The first-order valence-electron chi connectivity index (χ1n) is 7.60. The van der Waals surface area contributed by atoms with Crippen molar-refractivity contribution in [2.75, 3.05) is 0 Å². The summed E-state index contributed by atoms with van der Waals surface area (Å²) in [5.74, 6) is 0.774. The van der Waals surface area contributed by atoms with Gasteiger partial charge in [-0.3, -0.25) is 19.7 Å². The minimum Gasteiger partial charge on any atom is -0.299 e. The summed E-state index contributed by atoms with van der Waals surface area (Å²) in [7, 11) is 0. The number of non-ortho nitro benzene ring substituents is 1. The molecule has 0 unspecified atom stereocenters. The molecule has 4 rings (SSSR count).